The average molecular weight is 258 g/mol. The van der Waals surface area contributed by atoms with Gasteiger partial charge in [-0.3, -0.25) is 4.79 Å². The highest BCUT2D eigenvalue weighted by atomic mass is 79.9. The van der Waals surface area contributed by atoms with Gasteiger partial charge in [0.1, 0.15) is 0 Å². The van der Waals surface area contributed by atoms with E-state index in [0.29, 0.717) is 5.56 Å². The van der Waals surface area contributed by atoms with Gasteiger partial charge in [0.25, 0.3) is 5.91 Å². The van der Waals surface area contributed by atoms with Crippen LogP contribution in [0, 0.1) is 0 Å². The fraction of sp³-hybridized carbons (Fsp3) is 0.444. The fourth-order valence-corrected chi connectivity index (χ4v) is 1.91. The average Bonchev–Trinajstić information content (AvgIpc) is 2.75. The molecule has 2 rings (SSSR count). The Kier molecular flexibility index (Phi) is 2.88. The van der Waals surface area contributed by atoms with Crippen molar-refractivity contribution in [3.63, 3.8) is 0 Å². The van der Waals surface area contributed by atoms with Crippen LogP contribution >= 0.6 is 15.9 Å². The molecule has 1 aromatic rings. The van der Waals surface area contributed by atoms with E-state index in [1.54, 1.807) is 12.3 Å². The molecule has 4 nitrogen and oxygen atoms in total. The van der Waals surface area contributed by atoms with Gasteiger partial charge in [-0.05, 0) is 35.0 Å². The molecule has 5 heteroatoms. The minimum Gasteiger partial charge on any atom is -0.355 e. The Labute approximate surface area is 90.6 Å². The van der Waals surface area contributed by atoms with Gasteiger partial charge in [0.2, 0.25) is 0 Å². The minimum absolute atomic E-state index is 0.0133. The maximum Gasteiger partial charge on any atom is 0.253 e. The third-order valence-electron chi connectivity index (χ3n) is 2.31. The Morgan fingerprint density at radius 3 is 3.07 bits per heavy atom. The third kappa shape index (κ3) is 2.16. The first-order chi connectivity index (χ1) is 6.75. The van der Waals surface area contributed by atoms with Crippen LogP contribution in [0.3, 0.4) is 0 Å². The quantitative estimate of drug-likeness (QED) is 0.737. The molecular weight excluding hydrogens is 246 g/mol. The van der Waals surface area contributed by atoms with Crippen LogP contribution in [-0.2, 0) is 0 Å². The molecule has 3 N–H and O–H groups in total. The van der Waals surface area contributed by atoms with Crippen LogP contribution in [0.4, 0.5) is 0 Å². The number of carbonyl (C=O) groups is 1. The Morgan fingerprint density at radius 1 is 1.64 bits per heavy atom. The first-order valence-electron chi connectivity index (χ1n) is 4.61. The van der Waals surface area contributed by atoms with Crippen LogP contribution < -0.4 is 10.6 Å². The highest BCUT2D eigenvalue weighted by Crippen LogP contribution is 2.10. The summed E-state index contributed by atoms with van der Waals surface area (Å²) in [7, 11) is 0. The second-order valence-corrected chi connectivity index (χ2v) is 4.25. The number of rotatable bonds is 2. The highest BCUT2D eigenvalue weighted by Gasteiger charge is 2.17. The van der Waals surface area contributed by atoms with E-state index in [2.05, 4.69) is 31.5 Å². The second kappa shape index (κ2) is 4.14. The summed E-state index contributed by atoms with van der Waals surface area (Å²) in [5, 5.41) is 6.17. The molecule has 0 bridgehead atoms. The molecule has 1 amide bonds. The Morgan fingerprint density at radius 2 is 2.50 bits per heavy atom. The maximum atomic E-state index is 11.6. The monoisotopic (exact) mass is 257 g/mol. The van der Waals surface area contributed by atoms with Crippen molar-refractivity contribution in [3.05, 3.63) is 22.4 Å². The van der Waals surface area contributed by atoms with E-state index >= 15 is 0 Å². The lowest BCUT2D eigenvalue weighted by atomic mass is 10.2. The molecule has 1 aromatic heterocycles. The molecule has 1 fully saturated rings. The predicted molar refractivity (Wildman–Crippen MR) is 57.2 cm³/mol. The van der Waals surface area contributed by atoms with Crippen molar-refractivity contribution in [2.24, 2.45) is 0 Å². The maximum absolute atomic E-state index is 11.6. The van der Waals surface area contributed by atoms with Crippen LogP contribution in [0.2, 0.25) is 0 Å². The van der Waals surface area contributed by atoms with E-state index in [0.717, 1.165) is 24.1 Å². The topological polar surface area (TPSA) is 56.9 Å². The minimum atomic E-state index is -0.0133. The predicted octanol–water partition coefficient (Wildman–Crippen LogP) is 0.869. The fourth-order valence-electron chi connectivity index (χ4n) is 1.54. The molecule has 0 aromatic carbocycles. The molecule has 1 aliphatic heterocycles. The zero-order valence-electron chi connectivity index (χ0n) is 7.64. The number of aromatic amines is 1. The van der Waals surface area contributed by atoms with E-state index in [-0.39, 0.29) is 11.9 Å². The van der Waals surface area contributed by atoms with Crippen molar-refractivity contribution >= 4 is 21.8 Å². The van der Waals surface area contributed by atoms with Crippen molar-refractivity contribution in [2.45, 2.75) is 12.5 Å². The zero-order valence-corrected chi connectivity index (χ0v) is 9.23. The third-order valence-corrected chi connectivity index (χ3v) is 2.76. The Balaban J connectivity index is 1.95. The van der Waals surface area contributed by atoms with Crippen LogP contribution in [0.1, 0.15) is 16.8 Å². The van der Waals surface area contributed by atoms with Gasteiger partial charge in [0.05, 0.1) is 10.2 Å². The smallest absolute Gasteiger partial charge is 0.253 e. The van der Waals surface area contributed by atoms with Crippen molar-refractivity contribution < 1.29 is 4.79 Å². The van der Waals surface area contributed by atoms with Gasteiger partial charge in [-0.2, -0.15) is 0 Å². The molecule has 1 atom stereocenters. The Bertz CT molecular complexity index is 331. The molecule has 0 saturated carbocycles. The van der Waals surface area contributed by atoms with Crippen molar-refractivity contribution in [1.29, 1.82) is 0 Å². The molecule has 0 aliphatic carbocycles. The lowest BCUT2D eigenvalue weighted by Gasteiger charge is -2.09. The number of carbonyl (C=O) groups excluding carboxylic acids is 1. The van der Waals surface area contributed by atoms with E-state index in [9.17, 15) is 4.79 Å². The molecule has 1 aliphatic rings. The summed E-state index contributed by atoms with van der Waals surface area (Å²) in [5.41, 5.74) is 0.670. The van der Waals surface area contributed by atoms with Crippen LogP contribution in [-0.4, -0.2) is 30.0 Å². The normalized spacial score (nSPS) is 21.1. The van der Waals surface area contributed by atoms with Crippen molar-refractivity contribution in [3.8, 4) is 0 Å². The van der Waals surface area contributed by atoms with Gasteiger partial charge in [-0.15, -0.1) is 0 Å². The lowest BCUT2D eigenvalue weighted by Crippen LogP contribution is -2.35. The first-order valence-corrected chi connectivity index (χ1v) is 5.40. The van der Waals surface area contributed by atoms with Crippen molar-refractivity contribution in [2.75, 3.05) is 13.1 Å². The lowest BCUT2D eigenvalue weighted by molar-refractivity contribution is 0.0940. The van der Waals surface area contributed by atoms with E-state index in [4.69, 9.17) is 0 Å². The van der Waals surface area contributed by atoms with Crippen LogP contribution in [0.25, 0.3) is 0 Å². The molecule has 14 heavy (non-hydrogen) atoms. The SMILES string of the molecule is O=C(NC1CCNC1)c1c[nH]c(Br)c1. The molecule has 1 saturated heterocycles. The number of hydrogen-bond donors (Lipinski definition) is 3. The molecule has 0 radical (unpaired) electrons. The molecule has 1 unspecified atom stereocenters. The van der Waals surface area contributed by atoms with Crippen LogP contribution in [0.15, 0.2) is 16.9 Å². The molecule has 2 heterocycles. The van der Waals surface area contributed by atoms with E-state index < -0.39 is 0 Å². The van der Waals surface area contributed by atoms with Crippen LogP contribution in [0.5, 0.6) is 0 Å². The van der Waals surface area contributed by atoms with E-state index in [1.165, 1.54) is 0 Å². The summed E-state index contributed by atoms with van der Waals surface area (Å²) < 4.78 is 0.826. The number of nitrogens with one attached hydrogen (secondary N) is 3. The Hall–Kier alpha value is -0.810. The second-order valence-electron chi connectivity index (χ2n) is 3.40. The van der Waals surface area contributed by atoms with Gasteiger partial charge in [-0.25, -0.2) is 0 Å². The molecule has 76 valence electrons. The number of H-pyrrole nitrogens is 1. The van der Waals surface area contributed by atoms with Gasteiger partial charge in [0.15, 0.2) is 0 Å². The van der Waals surface area contributed by atoms with Gasteiger partial charge < -0.3 is 15.6 Å². The van der Waals surface area contributed by atoms with Gasteiger partial charge in [-0.1, -0.05) is 0 Å². The number of halogens is 1. The summed E-state index contributed by atoms with van der Waals surface area (Å²) in [4.78, 5) is 14.5. The summed E-state index contributed by atoms with van der Waals surface area (Å²) in [5.74, 6) is -0.0133. The standard InChI is InChI=1S/C9H12BrN3O/c10-8-3-6(4-12-8)9(14)13-7-1-2-11-5-7/h3-4,7,11-12H,1-2,5H2,(H,13,14). The molecular formula is C9H12BrN3O. The summed E-state index contributed by atoms with van der Waals surface area (Å²) in [6.07, 6.45) is 2.71. The van der Waals surface area contributed by atoms with E-state index in [1.807, 2.05) is 0 Å². The summed E-state index contributed by atoms with van der Waals surface area (Å²) in [6.45, 7) is 1.86. The largest absolute Gasteiger partial charge is 0.355 e. The summed E-state index contributed by atoms with van der Waals surface area (Å²) in [6, 6.07) is 2.05. The van der Waals surface area contributed by atoms with Gasteiger partial charge in [0, 0.05) is 18.8 Å². The number of hydrogen-bond acceptors (Lipinski definition) is 2. The highest BCUT2D eigenvalue weighted by molar-refractivity contribution is 9.10. The molecule has 0 spiro atoms. The number of amides is 1. The van der Waals surface area contributed by atoms with Gasteiger partial charge >= 0.3 is 0 Å². The zero-order chi connectivity index (χ0) is 9.97. The summed E-state index contributed by atoms with van der Waals surface area (Å²) >= 11 is 3.27. The first kappa shape index (κ1) is 9.73. The van der Waals surface area contributed by atoms with Crippen molar-refractivity contribution in [1.82, 2.24) is 15.6 Å². The number of aromatic nitrogens is 1.